The largest absolute Gasteiger partial charge is 0.487 e. The van der Waals surface area contributed by atoms with Crippen LogP contribution in [0.5, 0.6) is 5.75 Å². The van der Waals surface area contributed by atoms with E-state index in [1.165, 1.54) is 0 Å². The summed E-state index contributed by atoms with van der Waals surface area (Å²) >= 11 is 0. The monoisotopic (exact) mass is 380 g/mol. The summed E-state index contributed by atoms with van der Waals surface area (Å²) in [6.07, 6.45) is 5.75. The molecule has 3 heterocycles. The van der Waals surface area contributed by atoms with Crippen LogP contribution in [0.2, 0.25) is 0 Å². The molecule has 6 heteroatoms. The Hall–Kier alpha value is -2.44. The molecular weight excluding hydrogens is 352 g/mol. The standard InChI is InChI=1S/C22H28N4O2/c1-15(21-13-23-8-9-27-21)28-20-11-16(10-19-18(20)6-5-7-24-19)17-12-25-26(14-17)22(2,3)4/h5-7,10-12,14-15,21,23H,8-9,13H2,1-4H3/t15-,21+/m1/s1. The van der Waals surface area contributed by atoms with Gasteiger partial charge in [-0.1, -0.05) is 0 Å². The van der Waals surface area contributed by atoms with Gasteiger partial charge in [0.05, 0.1) is 23.9 Å². The van der Waals surface area contributed by atoms with Crippen molar-refractivity contribution in [1.29, 1.82) is 0 Å². The third kappa shape index (κ3) is 3.88. The molecule has 0 radical (unpaired) electrons. The number of benzene rings is 1. The third-order valence-electron chi connectivity index (χ3n) is 5.08. The molecule has 2 aromatic heterocycles. The number of fused-ring (bicyclic) bond motifs is 1. The van der Waals surface area contributed by atoms with Crippen LogP contribution in [0.1, 0.15) is 27.7 Å². The number of nitrogens with zero attached hydrogens (tertiary/aromatic N) is 3. The average molecular weight is 380 g/mol. The fourth-order valence-electron chi connectivity index (χ4n) is 3.42. The van der Waals surface area contributed by atoms with E-state index in [0.29, 0.717) is 6.61 Å². The van der Waals surface area contributed by atoms with Crippen molar-refractivity contribution < 1.29 is 9.47 Å². The third-order valence-corrected chi connectivity index (χ3v) is 5.08. The predicted molar refractivity (Wildman–Crippen MR) is 111 cm³/mol. The summed E-state index contributed by atoms with van der Waals surface area (Å²) in [4.78, 5) is 4.55. The number of aromatic nitrogens is 3. The molecule has 1 N–H and O–H groups in total. The van der Waals surface area contributed by atoms with Crippen molar-refractivity contribution in [2.24, 2.45) is 0 Å². The maximum atomic E-state index is 6.37. The molecule has 1 fully saturated rings. The fourth-order valence-corrected chi connectivity index (χ4v) is 3.42. The molecule has 1 aliphatic heterocycles. The van der Waals surface area contributed by atoms with Gasteiger partial charge in [0.1, 0.15) is 18.0 Å². The van der Waals surface area contributed by atoms with E-state index in [-0.39, 0.29) is 17.7 Å². The van der Waals surface area contributed by atoms with Gasteiger partial charge in [0, 0.05) is 36.4 Å². The predicted octanol–water partition coefficient (Wildman–Crippen LogP) is 3.61. The molecule has 1 aromatic carbocycles. The summed E-state index contributed by atoms with van der Waals surface area (Å²) in [5.74, 6) is 0.825. The minimum atomic E-state index is -0.0660. The van der Waals surface area contributed by atoms with Crippen molar-refractivity contribution >= 4 is 10.9 Å². The van der Waals surface area contributed by atoms with E-state index >= 15 is 0 Å². The summed E-state index contributed by atoms with van der Waals surface area (Å²) in [7, 11) is 0. The van der Waals surface area contributed by atoms with Gasteiger partial charge in [-0.2, -0.15) is 5.10 Å². The summed E-state index contributed by atoms with van der Waals surface area (Å²) in [6.45, 7) is 10.9. The lowest BCUT2D eigenvalue weighted by atomic mass is 10.0. The van der Waals surface area contributed by atoms with Gasteiger partial charge in [-0.3, -0.25) is 9.67 Å². The molecule has 3 aromatic rings. The SMILES string of the molecule is C[C@@H](Oc1cc(-c2cnn(C(C)(C)C)c2)cc2ncccc12)[C@@H]1CNCCO1. The lowest BCUT2D eigenvalue weighted by molar-refractivity contribution is -0.0345. The van der Waals surface area contributed by atoms with Crippen LogP contribution in [0.3, 0.4) is 0 Å². The van der Waals surface area contributed by atoms with Crippen molar-refractivity contribution in [3.05, 3.63) is 42.9 Å². The Labute approximate surface area is 165 Å². The topological polar surface area (TPSA) is 61.2 Å². The lowest BCUT2D eigenvalue weighted by Gasteiger charge is -2.29. The minimum absolute atomic E-state index is 0.0350. The average Bonchev–Trinajstić information content (AvgIpc) is 3.19. The summed E-state index contributed by atoms with van der Waals surface area (Å²) in [5, 5.41) is 8.90. The van der Waals surface area contributed by atoms with E-state index in [2.05, 4.69) is 61.4 Å². The second-order valence-electron chi connectivity index (χ2n) is 8.33. The van der Waals surface area contributed by atoms with Gasteiger partial charge in [-0.25, -0.2) is 0 Å². The zero-order valence-corrected chi connectivity index (χ0v) is 17.0. The quantitative estimate of drug-likeness (QED) is 0.749. The summed E-state index contributed by atoms with van der Waals surface area (Å²) in [6, 6.07) is 8.17. The zero-order valence-electron chi connectivity index (χ0n) is 17.0. The van der Waals surface area contributed by atoms with Crippen molar-refractivity contribution in [2.45, 2.75) is 45.4 Å². The number of pyridine rings is 1. The Morgan fingerprint density at radius 1 is 1.29 bits per heavy atom. The molecule has 28 heavy (non-hydrogen) atoms. The molecule has 2 atom stereocenters. The summed E-state index contributed by atoms with van der Waals surface area (Å²) < 4.78 is 14.2. The first-order valence-corrected chi connectivity index (χ1v) is 9.85. The van der Waals surface area contributed by atoms with E-state index in [4.69, 9.17) is 9.47 Å². The lowest BCUT2D eigenvalue weighted by Crippen LogP contribution is -2.46. The van der Waals surface area contributed by atoms with E-state index in [1.54, 1.807) is 0 Å². The van der Waals surface area contributed by atoms with E-state index in [9.17, 15) is 0 Å². The normalized spacial score (nSPS) is 18.9. The highest BCUT2D eigenvalue weighted by atomic mass is 16.5. The van der Waals surface area contributed by atoms with Gasteiger partial charge in [-0.05, 0) is 57.5 Å². The molecule has 0 aliphatic carbocycles. The number of nitrogens with one attached hydrogen (secondary N) is 1. The van der Waals surface area contributed by atoms with Crippen molar-refractivity contribution in [1.82, 2.24) is 20.1 Å². The van der Waals surface area contributed by atoms with E-state index < -0.39 is 0 Å². The van der Waals surface area contributed by atoms with Gasteiger partial charge in [0.2, 0.25) is 0 Å². The number of ether oxygens (including phenoxy) is 2. The van der Waals surface area contributed by atoms with E-state index in [1.807, 2.05) is 29.2 Å². The van der Waals surface area contributed by atoms with Crippen molar-refractivity contribution in [3.63, 3.8) is 0 Å². The Bertz CT molecular complexity index is 955. The number of hydrogen-bond acceptors (Lipinski definition) is 5. The first kappa shape index (κ1) is 18.9. The first-order chi connectivity index (χ1) is 13.4. The molecule has 4 rings (SSSR count). The Balaban J connectivity index is 1.70. The van der Waals surface area contributed by atoms with Crippen molar-refractivity contribution in [3.8, 4) is 16.9 Å². The molecule has 148 valence electrons. The molecular formula is C22H28N4O2. The highest BCUT2D eigenvalue weighted by molar-refractivity contribution is 5.89. The zero-order chi connectivity index (χ0) is 19.7. The van der Waals surface area contributed by atoms with Gasteiger partial charge in [0.15, 0.2) is 0 Å². The second kappa shape index (κ2) is 7.53. The molecule has 0 saturated carbocycles. The van der Waals surface area contributed by atoms with Crippen LogP contribution >= 0.6 is 0 Å². The first-order valence-electron chi connectivity index (χ1n) is 9.85. The van der Waals surface area contributed by atoms with Crippen molar-refractivity contribution in [2.75, 3.05) is 19.7 Å². The fraction of sp³-hybridized carbons (Fsp3) is 0.455. The van der Waals surface area contributed by atoms with Crippen LogP contribution in [-0.4, -0.2) is 46.7 Å². The molecule has 0 amide bonds. The summed E-state index contributed by atoms with van der Waals surface area (Å²) in [5.41, 5.74) is 2.95. The second-order valence-corrected chi connectivity index (χ2v) is 8.33. The number of morpholine rings is 1. The molecule has 1 saturated heterocycles. The van der Waals surface area contributed by atoms with Crippen LogP contribution in [0.15, 0.2) is 42.9 Å². The molecule has 1 aliphatic rings. The highest BCUT2D eigenvalue weighted by Crippen LogP contribution is 2.33. The molecule has 0 unspecified atom stereocenters. The van der Waals surface area contributed by atoms with Crippen LogP contribution in [0.25, 0.3) is 22.0 Å². The van der Waals surface area contributed by atoms with Gasteiger partial charge < -0.3 is 14.8 Å². The smallest absolute Gasteiger partial charge is 0.129 e. The van der Waals surface area contributed by atoms with Gasteiger partial charge in [-0.15, -0.1) is 0 Å². The van der Waals surface area contributed by atoms with Crippen LogP contribution in [0.4, 0.5) is 0 Å². The number of rotatable bonds is 4. The maximum Gasteiger partial charge on any atom is 0.129 e. The number of hydrogen-bond donors (Lipinski definition) is 1. The van der Waals surface area contributed by atoms with Crippen LogP contribution in [0, 0.1) is 0 Å². The van der Waals surface area contributed by atoms with Gasteiger partial charge >= 0.3 is 0 Å². The Morgan fingerprint density at radius 2 is 2.14 bits per heavy atom. The Kier molecular flexibility index (Phi) is 5.08. The van der Waals surface area contributed by atoms with Crippen LogP contribution < -0.4 is 10.1 Å². The van der Waals surface area contributed by atoms with E-state index in [0.717, 1.165) is 40.9 Å². The van der Waals surface area contributed by atoms with Gasteiger partial charge in [0.25, 0.3) is 0 Å². The molecule has 0 spiro atoms. The highest BCUT2D eigenvalue weighted by Gasteiger charge is 2.23. The van der Waals surface area contributed by atoms with Crippen LogP contribution in [-0.2, 0) is 10.3 Å². The minimum Gasteiger partial charge on any atom is -0.487 e. The molecule has 6 nitrogen and oxygen atoms in total. The molecule has 0 bridgehead atoms. The Morgan fingerprint density at radius 3 is 2.86 bits per heavy atom. The maximum absolute atomic E-state index is 6.37.